The first-order valence-electron chi connectivity index (χ1n) is 26.2. The van der Waals surface area contributed by atoms with Crippen molar-refractivity contribution < 1.29 is 54.9 Å². The minimum absolute atomic E-state index is 0.194. The van der Waals surface area contributed by atoms with E-state index in [-0.39, 0.29) is 16.9 Å². The summed E-state index contributed by atoms with van der Waals surface area (Å²) in [4.78, 5) is 32.1. The molecule has 1 N–H and O–H groups in total. The number of aromatic carboxylic acids is 1. The number of carboxylic acid groups (broad SMARTS) is 1. The van der Waals surface area contributed by atoms with E-state index in [1.165, 1.54) is 0 Å². The maximum absolute atomic E-state index is 13.1. The predicted octanol–water partition coefficient (Wildman–Crippen LogP) is 15.1. The second-order valence-electron chi connectivity index (χ2n) is 18.2. The zero-order chi connectivity index (χ0) is 59.0. The van der Waals surface area contributed by atoms with Gasteiger partial charge in [-0.3, -0.25) is 0 Å². The van der Waals surface area contributed by atoms with Crippen molar-refractivity contribution in [3.63, 3.8) is 0 Å². The Morgan fingerprint density at radius 3 is 1.70 bits per heavy atom. The number of halogens is 8. The van der Waals surface area contributed by atoms with E-state index in [4.69, 9.17) is 46.6 Å². The average molecular weight is 1270 g/mol. The zero-order valence-corrected chi connectivity index (χ0v) is 50.4. The Hall–Kier alpha value is -6.49. The van der Waals surface area contributed by atoms with Crippen LogP contribution in [0.5, 0.6) is 23.0 Å². The first-order valence-corrected chi connectivity index (χ1v) is 33.0. The summed E-state index contributed by atoms with van der Waals surface area (Å²) in [6.45, 7) is 23.8. The van der Waals surface area contributed by atoms with Gasteiger partial charge in [-0.15, -0.1) is 23.2 Å². The van der Waals surface area contributed by atoms with Crippen molar-refractivity contribution in [2.24, 2.45) is 0 Å². The van der Waals surface area contributed by atoms with Gasteiger partial charge in [-0.2, -0.15) is 0 Å². The molecule has 3 heterocycles. The van der Waals surface area contributed by atoms with E-state index in [1.807, 2.05) is 72.8 Å². The number of fused-ring (bicyclic) bond motifs is 8. The average Bonchev–Trinajstić information content (AvgIpc) is 3.73. The Kier molecular flexibility index (Phi) is 19.7. The topological polar surface area (TPSA) is 117 Å². The van der Waals surface area contributed by atoms with Gasteiger partial charge in [0, 0.05) is 96.5 Å². The Morgan fingerprint density at radius 1 is 0.625 bits per heavy atom. The molecule has 12 nitrogen and oxygen atoms in total. The first-order chi connectivity index (χ1) is 37.8. The maximum atomic E-state index is 13.1. The van der Waals surface area contributed by atoms with Crippen LogP contribution >= 0.6 is 23.2 Å². The molecule has 0 saturated heterocycles. The van der Waals surface area contributed by atoms with Gasteiger partial charge in [0.15, 0.2) is 11.4 Å². The van der Waals surface area contributed by atoms with Gasteiger partial charge in [0.25, 0.3) is 0 Å². The number of anilines is 3. The number of ether oxygens (including phenoxy) is 4. The molecule has 5 aromatic rings. The molecule has 9 rings (SSSR count). The zero-order valence-electron chi connectivity index (χ0n) is 46.3. The Balaban J connectivity index is 0.000000221. The van der Waals surface area contributed by atoms with E-state index in [0.717, 1.165) is 119 Å². The number of alkyl halides is 2. The van der Waals surface area contributed by atoms with Crippen LogP contribution in [0.15, 0.2) is 114 Å². The number of carbonyl (C=O) groups excluding carboxylic acids is 1. The molecule has 0 saturated carbocycles. The fourth-order valence-corrected chi connectivity index (χ4v) is 10.3. The molecule has 80 heavy (non-hydrogen) atoms. The molecule has 0 aromatic heterocycles. The van der Waals surface area contributed by atoms with Crippen LogP contribution in [-0.2, 0) is 10.3 Å². The summed E-state index contributed by atoms with van der Waals surface area (Å²) in [5, 5.41) is 12.0. The standard InChI is InChI=1S/2C29H32N2O4.CH2Cl2.6FH.Sb/c1-6-30(7-2)19-14-15-22-25(16-19)34-26-18-24(31(8-3)9-4)27(33-5)17-23(26)29(22)21-13-11-10-12-20(21)28(32)35-29;1-6-30(7-2)19-14-15-22-25(16-19)35-26-18-24(31(8-3)9-4)27(34-5)17-23(26)28(22)20-12-10-11-13-21(20)29(32)33;2-1-3;;;;;;;/h2*10-18H,6-9H2,1-5H3;1H2;6*1H;/q;;;;;;;;;+5/p-5. The van der Waals surface area contributed by atoms with Gasteiger partial charge in [0.1, 0.15) is 41.7 Å². The van der Waals surface area contributed by atoms with Crippen LogP contribution in [-0.4, -0.2) is 108 Å². The van der Waals surface area contributed by atoms with Gasteiger partial charge < -0.3 is 43.2 Å². The third kappa shape index (κ3) is 13.8. The van der Waals surface area contributed by atoms with Crippen LogP contribution in [0.1, 0.15) is 92.8 Å². The van der Waals surface area contributed by atoms with Crippen LogP contribution in [0.3, 0.4) is 0 Å². The minimum atomic E-state index is -11.2. The molecular weight excluding hydrogens is 1200 g/mol. The number of carboxylic acids is 1. The fraction of sp³-hybridized carbons (Fsp3) is 0.339. The number of esters is 1. The van der Waals surface area contributed by atoms with Gasteiger partial charge in [-0.05, 0) is 109 Å². The number of methoxy groups -OCH3 is 2. The van der Waals surface area contributed by atoms with E-state index in [1.54, 1.807) is 26.4 Å². The summed E-state index contributed by atoms with van der Waals surface area (Å²) in [5.74, 6) is 2.20. The predicted molar refractivity (Wildman–Crippen MR) is 309 cm³/mol. The summed E-state index contributed by atoms with van der Waals surface area (Å²) >= 11 is -1.72. The molecule has 0 radical (unpaired) electrons. The van der Waals surface area contributed by atoms with Gasteiger partial charge in [0.2, 0.25) is 5.36 Å². The number of benzene rings is 6. The van der Waals surface area contributed by atoms with Crippen molar-refractivity contribution in [1.29, 1.82) is 0 Å². The van der Waals surface area contributed by atoms with Gasteiger partial charge in [-0.1, -0.05) is 36.4 Å². The molecule has 0 amide bonds. The van der Waals surface area contributed by atoms with Crippen LogP contribution in [0, 0.1) is 0 Å². The van der Waals surface area contributed by atoms with Crippen LogP contribution < -0.4 is 38.8 Å². The molecule has 1 unspecified atom stereocenters. The summed E-state index contributed by atoms with van der Waals surface area (Å²) in [6.07, 6.45) is 0. The van der Waals surface area contributed by atoms with E-state index in [2.05, 4.69) is 98.9 Å². The van der Waals surface area contributed by atoms with Crippen LogP contribution in [0.4, 0.5) is 33.9 Å². The van der Waals surface area contributed by atoms with Crippen molar-refractivity contribution >= 4 is 82.6 Å². The number of hydrogen-bond acceptors (Lipinski definition) is 10. The molecule has 0 bridgehead atoms. The van der Waals surface area contributed by atoms with Gasteiger partial charge in [-0.25, -0.2) is 14.2 Å². The first kappa shape index (κ1) is 62.7. The molecule has 5 aromatic carbocycles. The van der Waals surface area contributed by atoms with E-state index >= 15 is 0 Å². The molecule has 0 fully saturated rings. The molecule has 4 aliphatic rings. The quantitative estimate of drug-likeness (QED) is 0.0264. The van der Waals surface area contributed by atoms with Crippen LogP contribution in [0.25, 0.3) is 33.4 Å². The second-order valence-corrected chi connectivity index (χ2v) is 24.5. The Labute approximate surface area is 474 Å². The van der Waals surface area contributed by atoms with E-state index < -0.39 is 31.0 Å². The summed E-state index contributed by atoms with van der Waals surface area (Å²) in [6, 6.07) is 35.1. The van der Waals surface area contributed by atoms with Crippen LogP contribution in [0.2, 0.25) is 0 Å². The molecule has 3 aliphatic heterocycles. The molecule has 1 aliphatic carbocycles. The second kappa shape index (κ2) is 25.1. The number of nitrogens with zero attached hydrogens (tertiary/aromatic N) is 4. The third-order valence-electron chi connectivity index (χ3n) is 13.9. The SMILES string of the molecule is CCN(CC)c1ccc2c(-c3ccccc3C(=O)O)c3cc(OC)c(=[N+](CC)CC)cc-3oc2c1.CCN(CC)c1ccc2c(c1)Oc1cc(N(CC)CC)c(OC)cc1C21OC(=O)c2ccccc21.ClCCl.[F][Sb-]([F])([F])([F])([F])[F]. The molecule has 1 spiro atoms. The molecule has 21 heteroatoms. The number of carbonyl (C=O) groups is 2. The summed E-state index contributed by atoms with van der Waals surface area (Å²) < 4.78 is 92.8. The van der Waals surface area contributed by atoms with E-state index in [0.29, 0.717) is 34.0 Å². The van der Waals surface area contributed by atoms with Crippen molar-refractivity contribution in [3.8, 4) is 45.4 Å². The van der Waals surface area contributed by atoms with Crippen molar-refractivity contribution in [3.05, 3.63) is 142 Å². The normalized spacial score (nSPS) is 14.7. The third-order valence-corrected chi connectivity index (χ3v) is 13.9. The number of rotatable bonds is 15. The Morgan fingerprint density at radius 2 is 1.15 bits per heavy atom. The monoisotopic (exact) mass is 1260 g/mol. The summed E-state index contributed by atoms with van der Waals surface area (Å²) in [7, 11) is 3.33. The molecular formula is C59H67Cl2F6N4O8Sb. The van der Waals surface area contributed by atoms with Gasteiger partial charge >= 0.3 is 48.3 Å². The van der Waals surface area contributed by atoms with Crippen molar-refractivity contribution in [2.45, 2.75) is 61.0 Å². The molecule has 1 atom stereocenters. The van der Waals surface area contributed by atoms with Crippen molar-refractivity contribution in [2.75, 3.05) is 86.6 Å². The summed E-state index contributed by atoms with van der Waals surface area (Å²) in [5.41, 5.74) is 8.23. The van der Waals surface area contributed by atoms with Gasteiger partial charge in [0.05, 0.1) is 48.0 Å². The number of hydrogen-bond donors (Lipinski definition) is 1. The Bertz CT molecular complexity index is 3390. The van der Waals surface area contributed by atoms with E-state index in [9.17, 15) is 31.6 Å². The van der Waals surface area contributed by atoms with Crippen molar-refractivity contribution in [1.82, 2.24) is 4.58 Å². The fourth-order valence-electron chi connectivity index (χ4n) is 10.3. The molecule has 432 valence electrons.